The van der Waals surface area contributed by atoms with Crippen molar-refractivity contribution in [3.63, 3.8) is 0 Å². The third-order valence-corrected chi connectivity index (χ3v) is 7.26. The lowest BCUT2D eigenvalue weighted by Crippen LogP contribution is -2.12. The minimum atomic E-state index is 0.252. The van der Waals surface area contributed by atoms with Crippen LogP contribution in [0.5, 0.6) is 0 Å². The van der Waals surface area contributed by atoms with E-state index in [0.717, 1.165) is 26.1 Å². The Hall–Kier alpha value is -0.180. The molecule has 0 aromatic heterocycles. The van der Waals surface area contributed by atoms with E-state index in [1.807, 2.05) is 0 Å². The first-order chi connectivity index (χ1) is 12.7. The van der Waals surface area contributed by atoms with Crippen LogP contribution in [0, 0.1) is 7.14 Å². The molecule has 0 amide bonds. The lowest BCUT2D eigenvalue weighted by atomic mass is 9.94. The van der Waals surface area contributed by atoms with Gasteiger partial charge < -0.3 is 9.47 Å². The van der Waals surface area contributed by atoms with Crippen LogP contribution in [0.4, 0.5) is 0 Å². The fraction of sp³-hybridized carbons (Fsp3) is 0.455. The molecule has 0 radical (unpaired) electrons. The van der Waals surface area contributed by atoms with E-state index in [-0.39, 0.29) is 12.2 Å². The number of ether oxygens (including phenoxy) is 2. The van der Waals surface area contributed by atoms with E-state index in [9.17, 15) is 0 Å². The van der Waals surface area contributed by atoms with Crippen LogP contribution in [0.15, 0.2) is 36.4 Å². The smallest absolute Gasteiger partial charge is 0.0825 e. The molecule has 2 saturated heterocycles. The van der Waals surface area contributed by atoms with Crippen molar-refractivity contribution < 1.29 is 9.47 Å². The molecule has 2 heterocycles. The first-order valence-corrected chi connectivity index (χ1v) is 11.7. The molecule has 26 heavy (non-hydrogen) atoms. The fourth-order valence-electron chi connectivity index (χ4n) is 3.91. The van der Waals surface area contributed by atoms with Crippen molar-refractivity contribution in [1.29, 1.82) is 0 Å². The third-order valence-electron chi connectivity index (χ3n) is 5.37. The normalized spacial score (nSPS) is 23.8. The number of hydrogen-bond donors (Lipinski definition) is 0. The lowest BCUT2D eigenvalue weighted by molar-refractivity contribution is 0.0148. The summed E-state index contributed by atoms with van der Waals surface area (Å²) in [5.74, 6) is 0. The lowest BCUT2D eigenvalue weighted by Gasteiger charge is -2.25. The van der Waals surface area contributed by atoms with E-state index in [1.54, 1.807) is 0 Å². The van der Waals surface area contributed by atoms with Crippen molar-refractivity contribution in [3.05, 3.63) is 54.7 Å². The Labute approximate surface area is 183 Å². The summed E-state index contributed by atoms with van der Waals surface area (Å²) in [6.07, 6.45) is 7.67. The van der Waals surface area contributed by atoms with Gasteiger partial charge in [-0.05, 0) is 130 Å². The zero-order valence-corrected chi connectivity index (χ0v) is 19.2. The number of hydrogen-bond acceptors (Lipinski definition) is 2. The zero-order valence-electron chi connectivity index (χ0n) is 14.8. The highest BCUT2D eigenvalue weighted by molar-refractivity contribution is 14.1. The molecule has 0 saturated carbocycles. The standard InChI is InChI=1S/C22H24I2O2/c23-19-9-7-15(21-5-1-3-11-25-21)13-17(19)18-14-16(8-10-20(18)24)22-6-2-4-12-26-22/h7-10,13-14,21-22H,1-6,11-12H2. The Morgan fingerprint density at radius 1 is 0.654 bits per heavy atom. The molecule has 2 aliphatic rings. The third kappa shape index (κ3) is 4.28. The SMILES string of the molecule is Ic1ccc(C2CCCCO2)cc1-c1cc(C2CCCCO2)ccc1I. The second kappa shape index (κ2) is 8.88. The van der Waals surface area contributed by atoms with Gasteiger partial charge in [0.15, 0.2) is 0 Å². The van der Waals surface area contributed by atoms with Crippen molar-refractivity contribution >= 4 is 45.2 Å². The molecule has 0 aliphatic carbocycles. The Kier molecular flexibility index (Phi) is 6.54. The van der Waals surface area contributed by atoms with Crippen molar-refractivity contribution in [1.82, 2.24) is 0 Å². The molecule has 138 valence electrons. The summed E-state index contributed by atoms with van der Waals surface area (Å²) < 4.78 is 14.6. The monoisotopic (exact) mass is 574 g/mol. The summed E-state index contributed by atoms with van der Waals surface area (Å²) in [5, 5.41) is 0. The molecule has 2 atom stereocenters. The predicted octanol–water partition coefficient (Wildman–Crippen LogP) is 7.05. The summed E-state index contributed by atoms with van der Waals surface area (Å²) in [6, 6.07) is 13.7. The van der Waals surface area contributed by atoms with Gasteiger partial charge in [-0.3, -0.25) is 0 Å². The largest absolute Gasteiger partial charge is 0.374 e. The average molecular weight is 574 g/mol. The summed E-state index contributed by atoms with van der Waals surface area (Å²) in [4.78, 5) is 0. The predicted molar refractivity (Wildman–Crippen MR) is 122 cm³/mol. The van der Waals surface area contributed by atoms with Gasteiger partial charge in [-0.15, -0.1) is 0 Å². The molecular weight excluding hydrogens is 550 g/mol. The van der Waals surface area contributed by atoms with E-state index in [0.29, 0.717) is 0 Å². The van der Waals surface area contributed by atoms with Gasteiger partial charge in [-0.2, -0.15) is 0 Å². The summed E-state index contributed by atoms with van der Waals surface area (Å²) in [5.41, 5.74) is 5.27. The Morgan fingerprint density at radius 3 is 1.50 bits per heavy atom. The average Bonchev–Trinajstić information content (AvgIpc) is 2.70. The second-order valence-corrected chi connectivity index (χ2v) is 9.51. The first kappa shape index (κ1) is 19.2. The van der Waals surface area contributed by atoms with E-state index < -0.39 is 0 Å². The highest BCUT2D eigenvalue weighted by Gasteiger charge is 2.20. The quantitative estimate of drug-likeness (QED) is 0.366. The molecule has 2 aromatic carbocycles. The van der Waals surface area contributed by atoms with Crippen molar-refractivity contribution in [2.45, 2.75) is 50.7 Å². The van der Waals surface area contributed by atoms with Gasteiger partial charge >= 0.3 is 0 Å². The van der Waals surface area contributed by atoms with E-state index >= 15 is 0 Å². The summed E-state index contributed by atoms with van der Waals surface area (Å²) >= 11 is 4.92. The maximum Gasteiger partial charge on any atom is 0.0825 e. The Bertz CT molecular complexity index is 697. The van der Waals surface area contributed by atoms with Crippen molar-refractivity contribution in [3.8, 4) is 11.1 Å². The van der Waals surface area contributed by atoms with Crippen LogP contribution in [0.2, 0.25) is 0 Å². The van der Waals surface area contributed by atoms with Gasteiger partial charge in [0.25, 0.3) is 0 Å². The van der Waals surface area contributed by atoms with E-state index in [1.165, 1.54) is 55.1 Å². The van der Waals surface area contributed by atoms with Crippen LogP contribution >= 0.6 is 45.2 Å². The van der Waals surface area contributed by atoms with Gasteiger partial charge in [0.1, 0.15) is 0 Å². The van der Waals surface area contributed by atoms with Gasteiger partial charge in [-0.25, -0.2) is 0 Å². The molecule has 4 heteroatoms. The van der Waals surface area contributed by atoms with Crippen molar-refractivity contribution in [2.24, 2.45) is 0 Å². The van der Waals surface area contributed by atoms with E-state index in [4.69, 9.17) is 9.47 Å². The van der Waals surface area contributed by atoms with Crippen LogP contribution in [0.25, 0.3) is 11.1 Å². The van der Waals surface area contributed by atoms with Gasteiger partial charge in [0.2, 0.25) is 0 Å². The van der Waals surface area contributed by atoms with E-state index in [2.05, 4.69) is 81.6 Å². The first-order valence-electron chi connectivity index (χ1n) is 9.55. The highest BCUT2D eigenvalue weighted by atomic mass is 127. The Morgan fingerprint density at radius 2 is 1.12 bits per heavy atom. The van der Waals surface area contributed by atoms with Gasteiger partial charge in [-0.1, -0.05) is 12.1 Å². The highest BCUT2D eigenvalue weighted by Crippen LogP contribution is 2.37. The maximum atomic E-state index is 6.02. The van der Waals surface area contributed by atoms with Crippen LogP contribution in [-0.4, -0.2) is 13.2 Å². The molecule has 2 nitrogen and oxygen atoms in total. The van der Waals surface area contributed by atoms with Crippen LogP contribution in [0.1, 0.15) is 61.9 Å². The molecule has 0 spiro atoms. The summed E-state index contributed by atoms with van der Waals surface area (Å²) in [7, 11) is 0. The van der Waals surface area contributed by atoms with Gasteiger partial charge in [0.05, 0.1) is 12.2 Å². The molecule has 2 fully saturated rings. The fourth-order valence-corrected chi connectivity index (χ4v) is 5.16. The number of rotatable bonds is 3. The Balaban J connectivity index is 1.69. The minimum Gasteiger partial charge on any atom is -0.374 e. The number of benzene rings is 2. The molecule has 2 aliphatic heterocycles. The molecule has 2 aromatic rings. The van der Waals surface area contributed by atoms with Crippen LogP contribution in [-0.2, 0) is 9.47 Å². The van der Waals surface area contributed by atoms with Gasteiger partial charge in [0, 0.05) is 20.4 Å². The molecule has 4 rings (SSSR count). The maximum absolute atomic E-state index is 6.02. The van der Waals surface area contributed by atoms with Crippen LogP contribution in [0.3, 0.4) is 0 Å². The minimum absolute atomic E-state index is 0.252. The van der Waals surface area contributed by atoms with Crippen LogP contribution < -0.4 is 0 Å². The zero-order chi connectivity index (χ0) is 17.9. The molecule has 2 unspecified atom stereocenters. The second-order valence-electron chi connectivity index (χ2n) is 7.19. The summed E-state index contributed by atoms with van der Waals surface area (Å²) in [6.45, 7) is 1.77. The van der Waals surface area contributed by atoms with Crippen molar-refractivity contribution in [2.75, 3.05) is 13.2 Å². The molecular formula is C22H24I2O2. The number of halogens is 2. The topological polar surface area (TPSA) is 18.5 Å². The molecule has 0 N–H and O–H groups in total. The molecule has 0 bridgehead atoms.